The number of ether oxygens (including phenoxy) is 1. The molecule has 106 valence electrons. The van der Waals surface area contributed by atoms with Gasteiger partial charge in [0, 0.05) is 12.5 Å². The molecule has 1 saturated carbocycles. The Morgan fingerprint density at radius 2 is 2.11 bits per heavy atom. The number of methoxy groups -OCH3 is 1. The normalized spacial score (nSPS) is 27.2. The predicted molar refractivity (Wildman–Crippen MR) is 77.6 cm³/mol. The van der Waals surface area contributed by atoms with E-state index in [9.17, 15) is 5.11 Å². The lowest BCUT2D eigenvalue weighted by Crippen LogP contribution is -2.42. The summed E-state index contributed by atoms with van der Waals surface area (Å²) in [6.45, 7) is 3.15. The van der Waals surface area contributed by atoms with Crippen LogP contribution in [0.15, 0.2) is 24.3 Å². The van der Waals surface area contributed by atoms with Gasteiger partial charge in [-0.15, -0.1) is 0 Å². The van der Waals surface area contributed by atoms with Crippen molar-refractivity contribution in [1.29, 1.82) is 0 Å². The maximum absolute atomic E-state index is 10.7. The van der Waals surface area contributed by atoms with Gasteiger partial charge >= 0.3 is 0 Å². The van der Waals surface area contributed by atoms with E-state index in [2.05, 4.69) is 18.3 Å². The van der Waals surface area contributed by atoms with E-state index in [-0.39, 0.29) is 0 Å². The lowest BCUT2D eigenvalue weighted by Gasteiger charge is -2.36. The van der Waals surface area contributed by atoms with E-state index >= 15 is 0 Å². The van der Waals surface area contributed by atoms with Crippen LogP contribution in [0.5, 0.6) is 5.75 Å². The molecule has 1 aromatic rings. The average molecular weight is 263 g/mol. The first-order valence-corrected chi connectivity index (χ1v) is 7.24. The molecule has 0 aromatic heterocycles. The predicted octanol–water partition coefficient (Wildman–Crippen LogP) is 2.52. The maximum Gasteiger partial charge on any atom is 0.119 e. The van der Waals surface area contributed by atoms with Crippen LogP contribution >= 0.6 is 0 Å². The molecule has 3 heteroatoms. The molecule has 2 N–H and O–H groups in total. The molecule has 19 heavy (non-hydrogen) atoms. The molecule has 1 fully saturated rings. The van der Waals surface area contributed by atoms with Crippen molar-refractivity contribution in [2.45, 2.75) is 50.7 Å². The second kappa shape index (κ2) is 6.40. The first-order valence-electron chi connectivity index (χ1n) is 7.24. The van der Waals surface area contributed by atoms with Gasteiger partial charge in [0.1, 0.15) is 5.75 Å². The zero-order chi connectivity index (χ0) is 13.7. The van der Waals surface area contributed by atoms with Gasteiger partial charge < -0.3 is 15.2 Å². The Hall–Kier alpha value is -1.06. The average Bonchev–Trinajstić information content (AvgIpc) is 2.42. The summed E-state index contributed by atoms with van der Waals surface area (Å²) >= 11 is 0. The number of aliphatic hydroxyl groups is 1. The van der Waals surface area contributed by atoms with Gasteiger partial charge in [-0.05, 0) is 49.9 Å². The molecule has 0 spiro atoms. The van der Waals surface area contributed by atoms with Crippen LogP contribution in [0, 0.1) is 0 Å². The van der Waals surface area contributed by atoms with Gasteiger partial charge in [0.15, 0.2) is 0 Å². The standard InChI is InChI=1S/C16H25NO2/c1-3-17-14-7-9-16(18,10-8-14)12-13-5-4-6-15(11-13)19-2/h4-6,11,14,17-18H,3,7-10,12H2,1-2H3. The third-order valence-electron chi connectivity index (χ3n) is 4.08. The number of benzene rings is 1. The smallest absolute Gasteiger partial charge is 0.119 e. The van der Waals surface area contributed by atoms with Gasteiger partial charge in [-0.1, -0.05) is 19.1 Å². The van der Waals surface area contributed by atoms with Crippen LogP contribution < -0.4 is 10.1 Å². The Kier molecular flexibility index (Phi) is 4.83. The van der Waals surface area contributed by atoms with Crippen molar-refractivity contribution in [2.24, 2.45) is 0 Å². The van der Waals surface area contributed by atoms with Crippen molar-refractivity contribution in [3.8, 4) is 5.75 Å². The molecular formula is C16H25NO2. The van der Waals surface area contributed by atoms with Gasteiger partial charge in [-0.2, -0.15) is 0 Å². The van der Waals surface area contributed by atoms with E-state index in [1.807, 2.05) is 18.2 Å². The van der Waals surface area contributed by atoms with Gasteiger partial charge in [0.2, 0.25) is 0 Å². The van der Waals surface area contributed by atoms with Crippen LogP contribution in [0.25, 0.3) is 0 Å². The molecular weight excluding hydrogens is 238 g/mol. The molecule has 1 aromatic carbocycles. The van der Waals surface area contributed by atoms with Crippen LogP contribution in [0.3, 0.4) is 0 Å². The number of nitrogens with one attached hydrogen (secondary N) is 1. The highest BCUT2D eigenvalue weighted by atomic mass is 16.5. The fourth-order valence-electron chi connectivity index (χ4n) is 2.99. The number of rotatable bonds is 5. The minimum atomic E-state index is -0.543. The summed E-state index contributed by atoms with van der Waals surface area (Å²) < 4.78 is 5.23. The molecule has 0 amide bonds. The Balaban J connectivity index is 1.94. The third kappa shape index (κ3) is 3.95. The molecule has 0 radical (unpaired) electrons. The van der Waals surface area contributed by atoms with Crippen LogP contribution in [-0.2, 0) is 6.42 Å². The lowest BCUT2D eigenvalue weighted by atomic mass is 9.78. The fourth-order valence-corrected chi connectivity index (χ4v) is 2.99. The number of hydrogen-bond acceptors (Lipinski definition) is 3. The Morgan fingerprint density at radius 1 is 1.37 bits per heavy atom. The highest BCUT2D eigenvalue weighted by molar-refractivity contribution is 5.29. The zero-order valence-corrected chi connectivity index (χ0v) is 12.0. The summed E-state index contributed by atoms with van der Waals surface area (Å²) in [5.74, 6) is 0.863. The summed E-state index contributed by atoms with van der Waals surface area (Å²) in [5, 5.41) is 14.2. The second-order valence-corrected chi connectivity index (χ2v) is 5.58. The van der Waals surface area contributed by atoms with Crippen LogP contribution in [-0.4, -0.2) is 30.4 Å². The van der Waals surface area contributed by atoms with E-state index in [0.717, 1.165) is 50.0 Å². The Bertz CT molecular complexity index is 397. The van der Waals surface area contributed by atoms with Crippen molar-refractivity contribution in [3.05, 3.63) is 29.8 Å². The molecule has 0 unspecified atom stereocenters. The monoisotopic (exact) mass is 263 g/mol. The molecule has 0 aliphatic heterocycles. The van der Waals surface area contributed by atoms with Crippen molar-refractivity contribution in [2.75, 3.05) is 13.7 Å². The minimum absolute atomic E-state index is 0.543. The molecule has 0 bridgehead atoms. The van der Waals surface area contributed by atoms with Gasteiger partial charge in [0.05, 0.1) is 12.7 Å². The summed E-state index contributed by atoms with van der Waals surface area (Å²) in [6.07, 6.45) is 4.61. The SMILES string of the molecule is CCNC1CCC(O)(Cc2cccc(OC)c2)CC1. The summed E-state index contributed by atoms with van der Waals surface area (Å²) in [5.41, 5.74) is 0.613. The first-order chi connectivity index (χ1) is 9.15. The van der Waals surface area contributed by atoms with Crippen molar-refractivity contribution in [3.63, 3.8) is 0 Å². The highest BCUT2D eigenvalue weighted by Gasteiger charge is 2.32. The van der Waals surface area contributed by atoms with Crippen LogP contribution in [0.4, 0.5) is 0 Å². The molecule has 1 aliphatic carbocycles. The molecule has 0 atom stereocenters. The minimum Gasteiger partial charge on any atom is -0.497 e. The van der Waals surface area contributed by atoms with E-state index in [0.29, 0.717) is 6.04 Å². The zero-order valence-electron chi connectivity index (χ0n) is 12.0. The van der Waals surface area contributed by atoms with E-state index in [1.165, 1.54) is 0 Å². The van der Waals surface area contributed by atoms with Gasteiger partial charge in [-0.25, -0.2) is 0 Å². The third-order valence-corrected chi connectivity index (χ3v) is 4.08. The van der Waals surface area contributed by atoms with E-state index < -0.39 is 5.60 Å². The largest absolute Gasteiger partial charge is 0.497 e. The van der Waals surface area contributed by atoms with Crippen LogP contribution in [0.1, 0.15) is 38.2 Å². The lowest BCUT2D eigenvalue weighted by molar-refractivity contribution is -0.00297. The van der Waals surface area contributed by atoms with Gasteiger partial charge in [-0.3, -0.25) is 0 Å². The van der Waals surface area contributed by atoms with E-state index in [4.69, 9.17) is 4.74 Å². The Morgan fingerprint density at radius 3 is 2.74 bits per heavy atom. The topological polar surface area (TPSA) is 41.5 Å². The van der Waals surface area contributed by atoms with Crippen molar-refractivity contribution >= 4 is 0 Å². The maximum atomic E-state index is 10.7. The highest BCUT2D eigenvalue weighted by Crippen LogP contribution is 2.32. The van der Waals surface area contributed by atoms with E-state index in [1.54, 1.807) is 7.11 Å². The first kappa shape index (κ1) is 14.4. The van der Waals surface area contributed by atoms with Crippen molar-refractivity contribution < 1.29 is 9.84 Å². The van der Waals surface area contributed by atoms with Gasteiger partial charge in [0.25, 0.3) is 0 Å². The quantitative estimate of drug-likeness (QED) is 0.857. The van der Waals surface area contributed by atoms with Crippen molar-refractivity contribution in [1.82, 2.24) is 5.32 Å². The Labute approximate surface area is 116 Å². The molecule has 1 aliphatic rings. The number of hydrogen-bond donors (Lipinski definition) is 2. The molecule has 0 heterocycles. The summed E-state index contributed by atoms with van der Waals surface area (Å²) in [4.78, 5) is 0. The van der Waals surface area contributed by atoms with Crippen LogP contribution in [0.2, 0.25) is 0 Å². The summed E-state index contributed by atoms with van der Waals surface area (Å²) in [7, 11) is 1.68. The summed E-state index contributed by atoms with van der Waals surface area (Å²) in [6, 6.07) is 8.60. The molecule has 2 rings (SSSR count). The second-order valence-electron chi connectivity index (χ2n) is 5.58. The fraction of sp³-hybridized carbons (Fsp3) is 0.625. The molecule has 3 nitrogen and oxygen atoms in total. The molecule has 0 saturated heterocycles.